The van der Waals surface area contributed by atoms with Crippen molar-refractivity contribution in [3.63, 3.8) is 0 Å². The van der Waals surface area contributed by atoms with Crippen molar-refractivity contribution in [2.45, 2.75) is 13.8 Å². The fourth-order valence-corrected chi connectivity index (χ4v) is 0.438. The lowest BCUT2D eigenvalue weighted by Gasteiger charge is -1.82. The lowest BCUT2D eigenvalue weighted by Crippen LogP contribution is -1.59. The van der Waals surface area contributed by atoms with Crippen LogP contribution in [0.15, 0.2) is 35.3 Å². The summed E-state index contributed by atoms with van der Waals surface area (Å²) < 4.78 is 0. The molecule has 0 radical (unpaired) electrons. The van der Waals surface area contributed by atoms with Gasteiger partial charge in [0, 0.05) is 0 Å². The molecule has 0 aromatic heterocycles. The largest absolute Gasteiger partial charge is 0.144 e. The third-order valence-corrected chi connectivity index (χ3v) is 0.867. The molecule has 0 aliphatic heterocycles. The second kappa shape index (κ2) is 4.45. The van der Waals surface area contributed by atoms with Gasteiger partial charge in [-0.15, -0.1) is 12.6 Å². The normalized spacial score (nSPS) is 9.67. The van der Waals surface area contributed by atoms with Crippen LogP contribution in [0.4, 0.5) is 0 Å². The van der Waals surface area contributed by atoms with E-state index in [2.05, 4.69) is 19.2 Å². The molecular weight excluding hydrogens is 128 g/mol. The van der Waals surface area contributed by atoms with Gasteiger partial charge in [-0.3, -0.25) is 0 Å². The van der Waals surface area contributed by atoms with Gasteiger partial charge in [-0.25, -0.2) is 0 Å². The van der Waals surface area contributed by atoms with Gasteiger partial charge in [-0.05, 0) is 24.8 Å². The monoisotopic (exact) mass is 140 g/mol. The molecule has 50 valence electrons. The molecule has 0 aromatic carbocycles. The highest BCUT2D eigenvalue weighted by Gasteiger charge is 1.72. The summed E-state index contributed by atoms with van der Waals surface area (Å²) in [7, 11) is 0. The summed E-state index contributed by atoms with van der Waals surface area (Å²) in [6.45, 7) is 7.69. The fraction of sp³-hybridized carbons (Fsp3) is 0.250. The molecular formula is C8H12S. The minimum Gasteiger partial charge on any atom is -0.144 e. The molecule has 0 atom stereocenters. The van der Waals surface area contributed by atoms with Crippen LogP contribution in [0.3, 0.4) is 0 Å². The van der Waals surface area contributed by atoms with Gasteiger partial charge in [0.15, 0.2) is 0 Å². The molecule has 0 N–H and O–H groups in total. The Bertz CT molecular complexity index is 148. The van der Waals surface area contributed by atoms with Crippen molar-refractivity contribution in [2.24, 2.45) is 0 Å². The van der Waals surface area contributed by atoms with Gasteiger partial charge >= 0.3 is 0 Å². The van der Waals surface area contributed by atoms with Crippen molar-refractivity contribution in [3.8, 4) is 0 Å². The highest BCUT2D eigenvalue weighted by atomic mass is 32.1. The molecule has 0 bridgehead atoms. The van der Waals surface area contributed by atoms with Crippen molar-refractivity contribution in [1.29, 1.82) is 0 Å². The van der Waals surface area contributed by atoms with E-state index < -0.39 is 0 Å². The maximum Gasteiger partial charge on any atom is -0.00320 e. The minimum atomic E-state index is 0.785. The SMILES string of the molecule is C=C(S)/C=C\C=C(C)C. The third-order valence-electron chi connectivity index (χ3n) is 0.718. The predicted molar refractivity (Wildman–Crippen MR) is 46.7 cm³/mol. The van der Waals surface area contributed by atoms with Crippen molar-refractivity contribution in [3.05, 3.63) is 35.3 Å². The van der Waals surface area contributed by atoms with Crippen molar-refractivity contribution in [1.82, 2.24) is 0 Å². The van der Waals surface area contributed by atoms with E-state index in [0.717, 1.165) is 4.91 Å². The van der Waals surface area contributed by atoms with Crippen LogP contribution < -0.4 is 0 Å². The first kappa shape index (κ1) is 8.57. The van der Waals surface area contributed by atoms with Crippen molar-refractivity contribution < 1.29 is 0 Å². The van der Waals surface area contributed by atoms with E-state index in [1.54, 1.807) is 0 Å². The quantitative estimate of drug-likeness (QED) is 0.442. The molecule has 0 aliphatic rings. The molecule has 0 saturated carbocycles. The van der Waals surface area contributed by atoms with Crippen LogP contribution >= 0.6 is 12.6 Å². The summed E-state index contributed by atoms with van der Waals surface area (Å²) >= 11 is 3.99. The molecule has 0 rings (SSSR count). The van der Waals surface area contributed by atoms with Gasteiger partial charge in [0.05, 0.1) is 0 Å². The number of hydrogen-bond donors (Lipinski definition) is 1. The first-order chi connectivity index (χ1) is 4.13. The van der Waals surface area contributed by atoms with Crippen LogP contribution in [0.25, 0.3) is 0 Å². The smallest absolute Gasteiger partial charge is 0.00320 e. The van der Waals surface area contributed by atoms with Crippen LogP contribution in [-0.2, 0) is 0 Å². The average molecular weight is 140 g/mol. The van der Waals surface area contributed by atoms with E-state index in [1.165, 1.54) is 5.57 Å². The van der Waals surface area contributed by atoms with E-state index in [1.807, 2.05) is 32.1 Å². The predicted octanol–water partition coefficient (Wildman–Crippen LogP) is 2.95. The summed E-state index contributed by atoms with van der Waals surface area (Å²) in [4.78, 5) is 0.785. The van der Waals surface area contributed by atoms with E-state index in [-0.39, 0.29) is 0 Å². The molecule has 9 heavy (non-hydrogen) atoms. The number of thiol groups is 1. The Balaban J connectivity index is 3.74. The molecule has 0 fully saturated rings. The molecule has 0 spiro atoms. The zero-order chi connectivity index (χ0) is 7.28. The zero-order valence-corrected chi connectivity index (χ0v) is 6.78. The molecule has 0 aromatic rings. The van der Waals surface area contributed by atoms with Crippen LogP contribution in [0.2, 0.25) is 0 Å². The molecule has 0 nitrogen and oxygen atoms in total. The molecule has 1 heteroatoms. The maximum absolute atomic E-state index is 3.99. The van der Waals surface area contributed by atoms with E-state index in [0.29, 0.717) is 0 Å². The Hall–Kier alpha value is -0.430. The molecule has 0 aliphatic carbocycles. The Labute approximate surface area is 62.4 Å². The first-order valence-electron chi connectivity index (χ1n) is 2.82. The summed E-state index contributed by atoms with van der Waals surface area (Å²) in [5.41, 5.74) is 1.28. The lowest BCUT2D eigenvalue weighted by molar-refractivity contribution is 1.39. The highest BCUT2D eigenvalue weighted by Crippen LogP contribution is 1.98. The molecule has 0 saturated heterocycles. The van der Waals surface area contributed by atoms with Gasteiger partial charge < -0.3 is 0 Å². The topological polar surface area (TPSA) is 0 Å². The summed E-state index contributed by atoms with van der Waals surface area (Å²) in [6, 6.07) is 0. The second-order valence-corrected chi connectivity index (χ2v) is 2.67. The van der Waals surface area contributed by atoms with Crippen LogP contribution in [0, 0.1) is 0 Å². The Morgan fingerprint density at radius 1 is 1.44 bits per heavy atom. The lowest BCUT2D eigenvalue weighted by atomic mass is 10.3. The van der Waals surface area contributed by atoms with E-state index in [4.69, 9.17) is 0 Å². The second-order valence-electron chi connectivity index (χ2n) is 2.09. The van der Waals surface area contributed by atoms with Crippen molar-refractivity contribution >= 4 is 12.6 Å². The van der Waals surface area contributed by atoms with E-state index >= 15 is 0 Å². The Kier molecular flexibility index (Phi) is 4.24. The van der Waals surface area contributed by atoms with Crippen LogP contribution in [0.1, 0.15) is 13.8 Å². The van der Waals surface area contributed by atoms with Crippen molar-refractivity contribution in [2.75, 3.05) is 0 Å². The average Bonchev–Trinajstić information content (AvgIpc) is 1.63. The minimum absolute atomic E-state index is 0.785. The standard InChI is InChI=1S/C8H12S/c1-7(2)5-4-6-8(3)9/h4-6,9H,3H2,1-2H3/b6-4-. The highest BCUT2D eigenvalue weighted by molar-refractivity contribution is 7.84. The summed E-state index contributed by atoms with van der Waals surface area (Å²) in [6.07, 6.45) is 5.81. The third kappa shape index (κ3) is 7.57. The van der Waals surface area contributed by atoms with Gasteiger partial charge in [0.1, 0.15) is 0 Å². The maximum atomic E-state index is 3.99. The fourth-order valence-electron chi connectivity index (χ4n) is 0.352. The van der Waals surface area contributed by atoms with Gasteiger partial charge in [0.25, 0.3) is 0 Å². The van der Waals surface area contributed by atoms with Gasteiger partial charge in [0.2, 0.25) is 0 Å². The van der Waals surface area contributed by atoms with E-state index in [9.17, 15) is 0 Å². The summed E-state index contributed by atoms with van der Waals surface area (Å²) in [5, 5.41) is 0. The van der Waals surface area contributed by atoms with Crippen LogP contribution in [0.5, 0.6) is 0 Å². The molecule has 0 amide bonds. The Morgan fingerprint density at radius 2 is 2.00 bits per heavy atom. The number of allylic oxidation sites excluding steroid dienone is 4. The number of hydrogen-bond acceptors (Lipinski definition) is 1. The Morgan fingerprint density at radius 3 is 2.33 bits per heavy atom. The molecule has 0 heterocycles. The number of rotatable bonds is 2. The van der Waals surface area contributed by atoms with Gasteiger partial charge in [-0.2, -0.15) is 0 Å². The summed E-state index contributed by atoms with van der Waals surface area (Å²) in [5.74, 6) is 0. The van der Waals surface area contributed by atoms with Crippen LogP contribution in [-0.4, -0.2) is 0 Å². The first-order valence-corrected chi connectivity index (χ1v) is 3.27. The van der Waals surface area contributed by atoms with Gasteiger partial charge in [-0.1, -0.05) is 24.3 Å². The zero-order valence-electron chi connectivity index (χ0n) is 5.89. The molecule has 0 unspecified atom stereocenters.